The van der Waals surface area contributed by atoms with E-state index in [0.717, 1.165) is 17.7 Å². The maximum Gasteiger partial charge on any atom is 0.410 e. The molecule has 2 aliphatic heterocycles. The molecule has 0 saturated carbocycles. The molecule has 0 aromatic heterocycles. The first kappa shape index (κ1) is 32.7. The number of rotatable bonds is 14. The van der Waals surface area contributed by atoms with Crippen molar-refractivity contribution >= 4 is 41.3 Å². The predicted octanol–water partition coefficient (Wildman–Crippen LogP) is 2.49. The lowest BCUT2D eigenvalue weighted by Crippen LogP contribution is -2.54. The first-order valence-corrected chi connectivity index (χ1v) is 14.1. The Morgan fingerprint density at radius 2 is 1.71 bits per heavy atom. The molecule has 1 unspecified atom stereocenters. The van der Waals surface area contributed by atoms with Gasteiger partial charge in [0.15, 0.2) is 0 Å². The normalized spacial score (nSPS) is 16.8. The fraction of sp³-hybridized carbons (Fsp3) is 0.586. The summed E-state index contributed by atoms with van der Waals surface area (Å²) in [5.41, 5.74) is -0.172. The summed E-state index contributed by atoms with van der Waals surface area (Å²) in [4.78, 5) is 76.6. The van der Waals surface area contributed by atoms with Crippen molar-refractivity contribution in [3.8, 4) is 0 Å². The lowest BCUT2D eigenvalue weighted by atomic mass is 10.0. The average molecular weight is 589 g/mol. The van der Waals surface area contributed by atoms with Crippen LogP contribution in [0.25, 0.3) is 0 Å². The smallest absolute Gasteiger partial charge is 0.410 e. The van der Waals surface area contributed by atoms with Crippen LogP contribution in [0.15, 0.2) is 18.2 Å². The van der Waals surface area contributed by atoms with Crippen LogP contribution in [0.1, 0.15) is 80.0 Å². The Hall–Kier alpha value is -3.84. The van der Waals surface area contributed by atoms with Crippen molar-refractivity contribution < 1.29 is 43.0 Å². The number of anilines is 1. The van der Waals surface area contributed by atoms with Crippen LogP contribution < -0.4 is 10.6 Å². The number of nitrogens with zero attached hydrogens (tertiary/aromatic N) is 2. The topological polar surface area (TPSA) is 161 Å². The lowest BCUT2D eigenvalue weighted by molar-refractivity contribution is -0.136. The highest BCUT2D eigenvalue weighted by Crippen LogP contribution is 2.32. The number of carbonyl (C=O) groups is 6. The molecule has 1 aromatic carbocycles. The van der Waals surface area contributed by atoms with Gasteiger partial charge in [-0.25, -0.2) is 4.79 Å². The third-order valence-electron chi connectivity index (χ3n) is 6.58. The van der Waals surface area contributed by atoms with E-state index in [4.69, 9.17) is 14.2 Å². The largest absolute Gasteiger partial charge is 0.444 e. The molecule has 13 nitrogen and oxygen atoms in total. The molecule has 0 radical (unpaired) electrons. The van der Waals surface area contributed by atoms with Crippen molar-refractivity contribution in [1.82, 2.24) is 15.1 Å². The van der Waals surface area contributed by atoms with Crippen LogP contribution in [0.4, 0.5) is 10.5 Å². The van der Waals surface area contributed by atoms with Crippen molar-refractivity contribution in [2.75, 3.05) is 45.3 Å². The molecule has 42 heavy (non-hydrogen) atoms. The highest BCUT2D eigenvalue weighted by Gasteiger charge is 2.45. The molecule has 230 valence electrons. The second-order valence-electron chi connectivity index (χ2n) is 11.2. The van der Waals surface area contributed by atoms with Crippen LogP contribution in [0.5, 0.6) is 0 Å². The summed E-state index contributed by atoms with van der Waals surface area (Å²) in [6.07, 6.45) is 2.02. The summed E-state index contributed by atoms with van der Waals surface area (Å²) in [7, 11) is 1.65. The standard InChI is InChI=1S/C29H40N4O9/c1-29(2,3)42-28(39)32(4)14-16-41-18-17-40-15-7-5-6-11-22(34)30-20-10-8-9-19-24(20)27(38)33(26(19)37)21-12-13-23(35)31-25(21)36/h8-10,21H,5-7,11-18H2,1-4H3,(H,30,34)(H,31,35,36). The van der Waals surface area contributed by atoms with Crippen LogP contribution in [0.2, 0.25) is 0 Å². The number of piperidine rings is 1. The molecule has 1 aromatic rings. The van der Waals surface area contributed by atoms with Gasteiger partial charge in [-0.05, 0) is 52.2 Å². The van der Waals surface area contributed by atoms with Crippen molar-refractivity contribution in [1.29, 1.82) is 0 Å². The number of unbranched alkanes of at least 4 members (excludes halogenated alkanes) is 2. The molecule has 3 rings (SSSR count). The highest BCUT2D eigenvalue weighted by molar-refractivity contribution is 6.26. The van der Waals surface area contributed by atoms with Gasteiger partial charge in [-0.3, -0.25) is 34.2 Å². The number of fused-ring (bicyclic) bond motifs is 1. The molecule has 1 saturated heterocycles. The van der Waals surface area contributed by atoms with Gasteiger partial charge >= 0.3 is 6.09 Å². The summed E-state index contributed by atoms with van der Waals surface area (Å²) < 4.78 is 16.3. The molecule has 13 heteroatoms. The Labute approximate surface area is 245 Å². The van der Waals surface area contributed by atoms with E-state index >= 15 is 0 Å². The van der Waals surface area contributed by atoms with Gasteiger partial charge in [-0.15, -0.1) is 0 Å². The van der Waals surface area contributed by atoms with E-state index in [0.29, 0.717) is 39.4 Å². The van der Waals surface area contributed by atoms with Crippen molar-refractivity contribution in [2.45, 2.75) is 70.9 Å². The first-order chi connectivity index (χ1) is 19.9. The van der Waals surface area contributed by atoms with Crippen LogP contribution in [0, 0.1) is 0 Å². The minimum Gasteiger partial charge on any atom is -0.444 e. The molecule has 2 aliphatic rings. The van der Waals surface area contributed by atoms with Gasteiger partial charge in [0.05, 0.1) is 36.6 Å². The Morgan fingerprint density at radius 1 is 1.00 bits per heavy atom. The van der Waals surface area contributed by atoms with Gasteiger partial charge in [0.2, 0.25) is 17.7 Å². The molecular weight excluding hydrogens is 548 g/mol. The van der Waals surface area contributed by atoms with E-state index < -0.39 is 41.4 Å². The van der Waals surface area contributed by atoms with Gasteiger partial charge in [-0.1, -0.05) is 12.5 Å². The number of ether oxygens (including phenoxy) is 3. The maximum atomic E-state index is 13.1. The zero-order valence-electron chi connectivity index (χ0n) is 24.7. The van der Waals surface area contributed by atoms with E-state index in [1.54, 1.807) is 19.2 Å². The minimum absolute atomic E-state index is 0.0292. The number of amides is 6. The van der Waals surface area contributed by atoms with Crippen LogP contribution in [0.3, 0.4) is 0 Å². The monoisotopic (exact) mass is 588 g/mol. The quantitative estimate of drug-likeness (QED) is 0.246. The average Bonchev–Trinajstić information content (AvgIpc) is 3.16. The van der Waals surface area contributed by atoms with Gasteiger partial charge in [0.25, 0.3) is 11.8 Å². The van der Waals surface area contributed by atoms with Crippen molar-refractivity contribution in [3.63, 3.8) is 0 Å². The van der Waals surface area contributed by atoms with E-state index in [1.807, 2.05) is 20.8 Å². The van der Waals surface area contributed by atoms with E-state index in [-0.39, 0.29) is 42.0 Å². The van der Waals surface area contributed by atoms with Gasteiger partial charge in [-0.2, -0.15) is 0 Å². The molecule has 6 amide bonds. The first-order valence-electron chi connectivity index (χ1n) is 14.1. The van der Waals surface area contributed by atoms with E-state index in [1.165, 1.54) is 11.0 Å². The number of benzene rings is 1. The lowest BCUT2D eigenvalue weighted by Gasteiger charge is -2.27. The molecule has 1 fully saturated rings. The molecule has 1 atom stereocenters. The third-order valence-corrected chi connectivity index (χ3v) is 6.58. The Morgan fingerprint density at radius 3 is 2.40 bits per heavy atom. The summed E-state index contributed by atoms with van der Waals surface area (Å²) >= 11 is 0. The van der Waals surface area contributed by atoms with Gasteiger partial charge < -0.3 is 24.4 Å². The van der Waals surface area contributed by atoms with Crippen molar-refractivity contribution in [2.24, 2.45) is 0 Å². The number of imide groups is 2. The second-order valence-corrected chi connectivity index (χ2v) is 11.2. The van der Waals surface area contributed by atoms with Crippen LogP contribution in [-0.4, -0.2) is 97.1 Å². The number of carbonyl (C=O) groups excluding carboxylic acids is 6. The molecule has 0 aliphatic carbocycles. The maximum absolute atomic E-state index is 13.1. The van der Waals surface area contributed by atoms with E-state index in [2.05, 4.69) is 10.6 Å². The summed E-state index contributed by atoms with van der Waals surface area (Å²) in [5, 5.41) is 4.88. The zero-order chi connectivity index (χ0) is 30.9. The van der Waals surface area contributed by atoms with Crippen molar-refractivity contribution in [3.05, 3.63) is 29.3 Å². The molecule has 0 spiro atoms. The van der Waals surface area contributed by atoms with Gasteiger partial charge in [0, 0.05) is 33.0 Å². The van der Waals surface area contributed by atoms with Crippen LogP contribution in [-0.2, 0) is 28.6 Å². The second kappa shape index (κ2) is 14.9. The number of hydrogen-bond acceptors (Lipinski definition) is 9. The predicted molar refractivity (Wildman–Crippen MR) is 151 cm³/mol. The zero-order valence-corrected chi connectivity index (χ0v) is 24.7. The number of hydrogen-bond donors (Lipinski definition) is 2. The summed E-state index contributed by atoms with van der Waals surface area (Å²) in [6, 6.07) is 3.51. The minimum atomic E-state index is -1.07. The fourth-order valence-corrected chi connectivity index (χ4v) is 4.45. The number of nitrogens with one attached hydrogen (secondary N) is 2. The molecule has 0 bridgehead atoms. The molecular formula is C29H40N4O9. The highest BCUT2D eigenvalue weighted by atomic mass is 16.6. The number of likely N-dealkylation sites (N-methyl/N-ethyl adjacent to an activating group) is 1. The van der Waals surface area contributed by atoms with E-state index in [9.17, 15) is 28.8 Å². The van der Waals surface area contributed by atoms with Gasteiger partial charge in [0.1, 0.15) is 11.6 Å². The Kier molecular flexibility index (Phi) is 11.6. The summed E-state index contributed by atoms with van der Waals surface area (Å²) in [5.74, 6) is -2.73. The fourth-order valence-electron chi connectivity index (χ4n) is 4.45. The SMILES string of the molecule is CN(CCOCCOCCCCCC(=O)Nc1cccc2c1C(=O)N(C1CCC(=O)NC1=O)C2=O)C(=O)OC(C)(C)C. The third kappa shape index (κ3) is 9.08. The Bertz CT molecular complexity index is 1190. The molecule has 2 heterocycles. The molecule has 2 N–H and O–H groups in total. The van der Waals surface area contributed by atoms with Crippen LogP contribution >= 0.6 is 0 Å². The summed E-state index contributed by atoms with van der Waals surface area (Å²) in [6.45, 7) is 7.54. The Balaban J connectivity index is 1.30.